The van der Waals surface area contributed by atoms with Crippen LogP contribution in [-0.4, -0.2) is 23.7 Å². The fraction of sp³-hybridized carbons (Fsp3) is 0.462. The summed E-state index contributed by atoms with van der Waals surface area (Å²) in [5, 5.41) is 11.9. The molecule has 0 fully saturated rings. The van der Waals surface area contributed by atoms with E-state index < -0.39 is 0 Å². The molecule has 0 aliphatic rings. The van der Waals surface area contributed by atoms with Gasteiger partial charge in [0, 0.05) is 28.4 Å². The monoisotopic (exact) mass is 314 g/mol. The van der Waals surface area contributed by atoms with Gasteiger partial charge in [0.1, 0.15) is 0 Å². The van der Waals surface area contributed by atoms with E-state index in [1.165, 1.54) is 0 Å². The Hall–Kier alpha value is -1.07. The third kappa shape index (κ3) is 4.31. The maximum Gasteiger partial charge on any atom is 0.251 e. The topological polar surface area (TPSA) is 75.3 Å². The van der Waals surface area contributed by atoms with Crippen LogP contribution in [0.5, 0.6) is 0 Å². The van der Waals surface area contributed by atoms with Gasteiger partial charge in [0.05, 0.1) is 0 Å². The van der Waals surface area contributed by atoms with Crippen LogP contribution < -0.4 is 11.1 Å². The molecule has 1 aromatic carbocycles. The summed E-state index contributed by atoms with van der Waals surface area (Å²) >= 11 is 3.31. The molecule has 0 aromatic heterocycles. The number of carbonyl (C=O) groups excluding carboxylic acids is 1. The zero-order valence-corrected chi connectivity index (χ0v) is 12.2. The Balaban J connectivity index is 2.80. The van der Waals surface area contributed by atoms with Crippen molar-refractivity contribution in [2.75, 3.05) is 12.3 Å². The van der Waals surface area contributed by atoms with Crippen molar-refractivity contribution in [3.05, 3.63) is 28.2 Å². The number of nitrogens with one attached hydrogen (secondary N) is 1. The van der Waals surface area contributed by atoms with E-state index in [2.05, 4.69) is 21.2 Å². The lowest BCUT2D eigenvalue weighted by atomic mass is 10.0. The summed E-state index contributed by atoms with van der Waals surface area (Å²) in [5.74, 6) is 0.0979. The predicted octanol–water partition coefficient (Wildman–Crippen LogP) is 2.17. The van der Waals surface area contributed by atoms with Crippen LogP contribution in [0.4, 0.5) is 5.69 Å². The number of nitrogens with two attached hydrogens (primary N) is 1. The van der Waals surface area contributed by atoms with Crippen LogP contribution in [0.15, 0.2) is 22.7 Å². The lowest BCUT2D eigenvalue weighted by Gasteiger charge is -2.21. The number of carbonyl (C=O) groups is 1. The number of hydrogen-bond donors (Lipinski definition) is 3. The molecule has 0 aliphatic carbocycles. The Morgan fingerprint density at radius 1 is 1.44 bits per heavy atom. The highest BCUT2D eigenvalue weighted by Crippen LogP contribution is 2.18. The van der Waals surface area contributed by atoms with E-state index in [4.69, 9.17) is 10.8 Å². The second-order valence-corrected chi connectivity index (χ2v) is 5.53. The Morgan fingerprint density at radius 2 is 2.11 bits per heavy atom. The number of aliphatic hydroxyl groups excluding tert-OH is 1. The molecule has 4 nitrogen and oxygen atoms in total. The smallest absolute Gasteiger partial charge is 0.251 e. The third-order valence-corrected chi connectivity index (χ3v) is 3.20. The molecular weight excluding hydrogens is 296 g/mol. The molecule has 0 spiro atoms. The van der Waals surface area contributed by atoms with E-state index in [-0.39, 0.29) is 24.5 Å². The van der Waals surface area contributed by atoms with E-state index in [0.29, 0.717) is 17.7 Å². The van der Waals surface area contributed by atoms with Gasteiger partial charge in [-0.1, -0.05) is 29.8 Å². The van der Waals surface area contributed by atoms with Crippen LogP contribution in [0.1, 0.15) is 30.6 Å². The molecule has 0 bridgehead atoms. The highest BCUT2D eigenvalue weighted by atomic mass is 79.9. The summed E-state index contributed by atoms with van der Waals surface area (Å²) in [6.45, 7) is 4.08. The first-order valence-electron chi connectivity index (χ1n) is 5.92. The highest BCUT2D eigenvalue weighted by molar-refractivity contribution is 9.10. The Kier molecular flexibility index (Phi) is 5.62. The van der Waals surface area contributed by atoms with Gasteiger partial charge in [-0.25, -0.2) is 0 Å². The highest BCUT2D eigenvalue weighted by Gasteiger charge is 2.17. The van der Waals surface area contributed by atoms with Crippen LogP contribution in [0.2, 0.25) is 0 Å². The van der Waals surface area contributed by atoms with Crippen molar-refractivity contribution in [1.29, 1.82) is 0 Å². The molecule has 1 atom stereocenters. The number of halogens is 1. The largest absolute Gasteiger partial charge is 0.399 e. The fourth-order valence-electron chi connectivity index (χ4n) is 1.71. The molecule has 1 rings (SSSR count). The summed E-state index contributed by atoms with van der Waals surface area (Å²) in [4.78, 5) is 12.1. The molecule has 1 aromatic rings. The van der Waals surface area contributed by atoms with Gasteiger partial charge in [0.15, 0.2) is 0 Å². The van der Waals surface area contributed by atoms with E-state index >= 15 is 0 Å². The normalized spacial score (nSPS) is 12.5. The van der Waals surface area contributed by atoms with Crippen molar-refractivity contribution in [3.8, 4) is 0 Å². The van der Waals surface area contributed by atoms with Crippen LogP contribution in [0.3, 0.4) is 0 Å². The first-order valence-corrected chi connectivity index (χ1v) is 6.71. The first-order chi connectivity index (χ1) is 8.43. The lowest BCUT2D eigenvalue weighted by Crippen LogP contribution is -2.39. The van der Waals surface area contributed by atoms with Gasteiger partial charge < -0.3 is 16.2 Å². The summed E-state index contributed by atoms with van der Waals surface area (Å²) in [5.41, 5.74) is 6.76. The maximum absolute atomic E-state index is 12.1. The van der Waals surface area contributed by atoms with Gasteiger partial charge in [0.25, 0.3) is 5.91 Å². The summed E-state index contributed by atoms with van der Waals surface area (Å²) in [6.07, 6.45) is 0.549. The summed E-state index contributed by atoms with van der Waals surface area (Å²) in [7, 11) is 0. The predicted molar refractivity (Wildman–Crippen MR) is 76.3 cm³/mol. The van der Waals surface area contributed by atoms with Crippen molar-refractivity contribution in [1.82, 2.24) is 5.32 Å². The van der Waals surface area contributed by atoms with Crippen molar-refractivity contribution in [2.24, 2.45) is 5.92 Å². The molecule has 0 radical (unpaired) electrons. The molecule has 0 saturated carbocycles. The van der Waals surface area contributed by atoms with E-state index in [1.54, 1.807) is 18.2 Å². The standard InChI is InChI=1S/C13H19BrN2O2/c1-8(2)12(3-4-17)16-13(18)9-5-10(14)7-11(15)6-9/h5-8,12,17H,3-4,15H2,1-2H3,(H,16,18). The molecule has 1 amide bonds. The van der Waals surface area contributed by atoms with Crippen LogP contribution in [0.25, 0.3) is 0 Å². The van der Waals surface area contributed by atoms with Crippen molar-refractivity contribution in [2.45, 2.75) is 26.3 Å². The summed E-state index contributed by atoms with van der Waals surface area (Å²) < 4.78 is 0.774. The molecule has 0 saturated heterocycles. The number of benzene rings is 1. The molecule has 1 unspecified atom stereocenters. The number of nitrogen functional groups attached to an aromatic ring is 1. The van der Waals surface area contributed by atoms with Gasteiger partial charge in [-0.2, -0.15) is 0 Å². The van der Waals surface area contributed by atoms with Crippen LogP contribution in [-0.2, 0) is 0 Å². The second-order valence-electron chi connectivity index (χ2n) is 4.61. The van der Waals surface area contributed by atoms with Crippen molar-refractivity contribution in [3.63, 3.8) is 0 Å². The van der Waals surface area contributed by atoms with Gasteiger partial charge in [-0.15, -0.1) is 0 Å². The molecule has 5 heteroatoms. The minimum atomic E-state index is -0.171. The molecule has 4 N–H and O–H groups in total. The zero-order valence-electron chi connectivity index (χ0n) is 10.6. The number of amides is 1. The lowest BCUT2D eigenvalue weighted by molar-refractivity contribution is 0.0916. The van der Waals surface area contributed by atoms with Gasteiger partial charge in [-0.3, -0.25) is 4.79 Å². The minimum absolute atomic E-state index is 0.0392. The molecule has 18 heavy (non-hydrogen) atoms. The van der Waals surface area contributed by atoms with Crippen molar-refractivity contribution >= 4 is 27.5 Å². The van der Waals surface area contributed by atoms with Gasteiger partial charge >= 0.3 is 0 Å². The van der Waals surface area contributed by atoms with Gasteiger partial charge in [0.2, 0.25) is 0 Å². The Bertz CT molecular complexity index is 401. The third-order valence-electron chi connectivity index (χ3n) is 2.74. The molecule has 0 heterocycles. The van der Waals surface area contributed by atoms with Gasteiger partial charge in [-0.05, 0) is 30.5 Å². The molecular formula is C13H19BrN2O2. The van der Waals surface area contributed by atoms with Crippen LogP contribution in [0, 0.1) is 5.92 Å². The van der Waals surface area contributed by atoms with E-state index in [1.807, 2.05) is 13.8 Å². The van der Waals surface area contributed by atoms with Crippen molar-refractivity contribution < 1.29 is 9.90 Å². The second kappa shape index (κ2) is 6.75. The fourth-order valence-corrected chi connectivity index (χ4v) is 2.22. The van der Waals surface area contributed by atoms with E-state index in [0.717, 1.165) is 4.47 Å². The Morgan fingerprint density at radius 3 is 2.61 bits per heavy atom. The van der Waals surface area contributed by atoms with Crippen LogP contribution >= 0.6 is 15.9 Å². The Labute approximate surface area is 116 Å². The first kappa shape index (κ1) is 15.0. The molecule has 0 aliphatic heterocycles. The number of hydrogen-bond acceptors (Lipinski definition) is 3. The number of rotatable bonds is 5. The zero-order chi connectivity index (χ0) is 13.7. The molecule has 100 valence electrons. The maximum atomic E-state index is 12.1. The number of aliphatic hydroxyl groups is 1. The average molecular weight is 315 g/mol. The minimum Gasteiger partial charge on any atom is -0.399 e. The SMILES string of the molecule is CC(C)C(CCO)NC(=O)c1cc(N)cc(Br)c1. The number of anilines is 1. The quantitative estimate of drug-likeness (QED) is 0.729. The van der Waals surface area contributed by atoms with E-state index in [9.17, 15) is 4.79 Å². The summed E-state index contributed by atoms with van der Waals surface area (Å²) in [6, 6.07) is 5.06. The average Bonchev–Trinajstić information content (AvgIpc) is 2.26.